The zero-order valence-electron chi connectivity index (χ0n) is 9.31. The second kappa shape index (κ2) is 5.63. The summed E-state index contributed by atoms with van der Waals surface area (Å²) in [5.74, 6) is -0.408. The third-order valence-corrected chi connectivity index (χ3v) is 2.06. The van der Waals surface area contributed by atoms with Gasteiger partial charge in [-0.15, -0.1) is 0 Å². The number of rotatable bonds is 4. The molecule has 0 aliphatic heterocycles. The maximum absolute atomic E-state index is 9.52. The average molecular weight is 231 g/mol. The van der Waals surface area contributed by atoms with Gasteiger partial charge in [-0.2, -0.15) is 10.4 Å². The maximum Gasteiger partial charge on any atom is 0.201 e. The van der Waals surface area contributed by atoms with E-state index in [0.717, 1.165) is 0 Å². The third-order valence-electron chi connectivity index (χ3n) is 2.06. The Morgan fingerprint density at radius 2 is 2.24 bits per heavy atom. The van der Waals surface area contributed by atoms with Gasteiger partial charge in [-0.1, -0.05) is 18.2 Å². The van der Waals surface area contributed by atoms with Crippen molar-refractivity contribution in [1.29, 1.82) is 10.7 Å². The van der Waals surface area contributed by atoms with E-state index in [2.05, 4.69) is 10.5 Å². The van der Waals surface area contributed by atoms with Gasteiger partial charge in [0.25, 0.3) is 0 Å². The summed E-state index contributed by atoms with van der Waals surface area (Å²) in [4.78, 5) is 0. The number of para-hydroxylation sites is 1. The van der Waals surface area contributed by atoms with Gasteiger partial charge in [0.1, 0.15) is 6.07 Å². The van der Waals surface area contributed by atoms with Crippen molar-refractivity contribution in [1.82, 2.24) is 0 Å². The molecule has 0 radical (unpaired) electrons. The lowest BCUT2D eigenvalue weighted by molar-refractivity contribution is 0.200. The summed E-state index contributed by atoms with van der Waals surface area (Å²) in [5.41, 5.74) is 8.77. The minimum atomic E-state index is -0.656. The van der Waals surface area contributed by atoms with E-state index >= 15 is 0 Å². The van der Waals surface area contributed by atoms with Gasteiger partial charge in [0.05, 0.1) is 11.8 Å². The lowest BCUT2D eigenvalue weighted by atomic mass is 10.1. The number of hydrogen-bond donors (Lipinski definition) is 4. The van der Waals surface area contributed by atoms with Gasteiger partial charge in [0.2, 0.25) is 5.71 Å². The Labute approximate surface area is 98.9 Å². The number of benzene rings is 1. The molecule has 88 valence electrons. The predicted molar refractivity (Wildman–Crippen MR) is 65.7 cm³/mol. The van der Waals surface area contributed by atoms with E-state index in [1.165, 1.54) is 0 Å². The van der Waals surface area contributed by atoms with E-state index in [0.29, 0.717) is 11.3 Å². The molecule has 1 aromatic carbocycles. The van der Waals surface area contributed by atoms with Crippen LogP contribution in [0.3, 0.4) is 0 Å². The van der Waals surface area contributed by atoms with Gasteiger partial charge in [-0.3, -0.25) is 10.8 Å². The fraction of sp³-hybridized carbons (Fsp3) is 0.182. The Morgan fingerprint density at radius 1 is 1.59 bits per heavy atom. The van der Waals surface area contributed by atoms with Crippen molar-refractivity contribution in [3.63, 3.8) is 0 Å². The van der Waals surface area contributed by atoms with Crippen molar-refractivity contribution in [2.24, 2.45) is 10.8 Å². The van der Waals surface area contributed by atoms with Gasteiger partial charge in [-0.25, -0.2) is 0 Å². The minimum Gasteiger partial charge on any atom is -0.389 e. The highest BCUT2D eigenvalue weighted by atomic mass is 16.3. The van der Waals surface area contributed by atoms with Gasteiger partial charge in [0.15, 0.2) is 5.84 Å². The monoisotopic (exact) mass is 231 g/mol. The molecule has 0 saturated carbocycles. The molecule has 0 heterocycles. The second-order valence-corrected chi connectivity index (χ2v) is 3.36. The summed E-state index contributed by atoms with van der Waals surface area (Å²) in [6.07, 6.45) is -0.656. The second-order valence-electron chi connectivity index (χ2n) is 3.36. The van der Waals surface area contributed by atoms with Gasteiger partial charge in [-0.05, 0) is 13.0 Å². The molecule has 0 amide bonds. The first-order valence-corrected chi connectivity index (χ1v) is 4.91. The van der Waals surface area contributed by atoms with Crippen molar-refractivity contribution < 1.29 is 5.11 Å². The van der Waals surface area contributed by atoms with Crippen LogP contribution in [0.5, 0.6) is 0 Å². The summed E-state index contributed by atoms with van der Waals surface area (Å²) < 4.78 is 0. The van der Waals surface area contributed by atoms with Gasteiger partial charge >= 0.3 is 0 Å². The number of nitrogens with two attached hydrogens (primary N) is 1. The Bertz CT molecular complexity index is 487. The quantitative estimate of drug-likeness (QED) is 0.350. The molecule has 0 aromatic heterocycles. The van der Waals surface area contributed by atoms with Crippen LogP contribution in [0.2, 0.25) is 0 Å². The van der Waals surface area contributed by atoms with E-state index < -0.39 is 11.9 Å². The Balaban J connectivity index is 2.97. The summed E-state index contributed by atoms with van der Waals surface area (Å²) >= 11 is 0. The first-order chi connectivity index (χ1) is 8.06. The van der Waals surface area contributed by atoms with Gasteiger partial charge < -0.3 is 10.8 Å². The summed E-state index contributed by atoms with van der Waals surface area (Å²) in [7, 11) is 0. The fourth-order valence-electron chi connectivity index (χ4n) is 1.22. The van der Waals surface area contributed by atoms with Crippen LogP contribution in [0, 0.1) is 16.7 Å². The first kappa shape index (κ1) is 12.7. The lowest BCUT2D eigenvalue weighted by Gasteiger charge is -2.10. The number of nitriles is 1. The van der Waals surface area contributed by atoms with Crippen LogP contribution in [0.15, 0.2) is 29.4 Å². The SMILES string of the molecule is CC(O)c1ccccc1N/N=C(\C#N)C(=N)N. The van der Waals surface area contributed by atoms with Crippen LogP contribution < -0.4 is 11.2 Å². The Kier molecular flexibility index (Phi) is 4.20. The average Bonchev–Trinajstić information content (AvgIpc) is 2.29. The van der Waals surface area contributed by atoms with Crippen LogP contribution in [0.4, 0.5) is 5.69 Å². The Hall–Kier alpha value is -2.39. The lowest BCUT2D eigenvalue weighted by Crippen LogP contribution is -2.22. The topological polar surface area (TPSA) is 118 Å². The molecule has 0 bridgehead atoms. The molecule has 6 nitrogen and oxygen atoms in total. The number of hydrogen-bond acceptors (Lipinski definition) is 5. The number of aliphatic hydroxyl groups is 1. The molecule has 0 spiro atoms. The highest BCUT2D eigenvalue weighted by Crippen LogP contribution is 2.21. The van der Waals surface area contributed by atoms with E-state index in [-0.39, 0.29) is 5.71 Å². The largest absolute Gasteiger partial charge is 0.389 e. The summed E-state index contributed by atoms with van der Waals surface area (Å²) in [6.45, 7) is 1.63. The van der Waals surface area contributed by atoms with Crippen molar-refractivity contribution in [3.8, 4) is 6.07 Å². The number of amidine groups is 1. The van der Waals surface area contributed by atoms with Crippen LogP contribution >= 0.6 is 0 Å². The smallest absolute Gasteiger partial charge is 0.201 e. The Morgan fingerprint density at radius 3 is 2.76 bits per heavy atom. The predicted octanol–water partition coefficient (Wildman–Crippen LogP) is 0.967. The molecule has 6 heteroatoms. The highest BCUT2D eigenvalue weighted by Gasteiger charge is 2.07. The number of aliphatic hydroxyl groups excluding tert-OH is 1. The first-order valence-electron chi connectivity index (χ1n) is 4.91. The van der Waals surface area contributed by atoms with Crippen molar-refractivity contribution in [2.45, 2.75) is 13.0 Å². The molecule has 5 N–H and O–H groups in total. The summed E-state index contributed by atoms with van der Waals surface area (Å²) in [6, 6.07) is 8.70. The van der Waals surface area contributed by atoms with Crippen molar-refractivity contribution >= 4 is 17.2 Å². The molecule has 1 atom stereocenters. The number of nitrogens with one attached hydrogen (secondary N) is 2. The highest BCUT2D eigenvalue weighted by molar-refractivity contribution is 6.45. The minimum absolute atomic E-state index is 0.203. The zero-order chi connectivity index (χ0) is 12.8. The molecule has 0 saturated heterocycles. The van der Waals surface area contributed by atoms with Crippen molar-refractivity contribution in [3.05, 3.63) is 29.8 Å². The van der Waals surface area contributed by atoms with Crippen LogP contribution in [-0.2, 0) is 0 Å². The molecule has 0 aliphatic carbocycles. The standard InChI is InChI=1S/C11H13N5O/c1-7(17)8-4-2-3-5-9(8)15-16-10(6-12)11(13)14/h2-5,7,15,17H,1H3,(H3,13,14)/b16-10+. The molecule has 1 rings (SSSR count). The van der Waals surface area contributed by atoms with E-state index in [1.54, 1.807) is 37.3 Å². The number of anilines is 1. The fourth-order valence-corrected chi connectivity index (χ4v) is 1.22. The van der Waals surface area contributed by atoms with E-state index in [4.69, 9.17) is 16.4 Å². The van der Waals surface area contributed by atoms with Crippen molar-refractivity contribution in [2.75, 3.05) is 5.43 Å². The zero-order valence-corrected chi connectivity index (χ0v) is 9.31. The van der Waals surface area contributed by atoms with Crippen LogP contribution in [0.1, 0.15) is 18.6 Å². The van der Waals surface area contributed by atoms with E-state index in [9.17, 15) is 5.11 Å². The molecule has 1 aromatic rings. The van der Waals surface area contributed by atoms with E-state index in [1.807, 2.05) is 0 Å². The number of nitrogens with zero attached hydrogens (tertiary/aromatic N) is 2. The van der Waals surface area contributed by atoms with Gasteiger partial charge in [0, 0.05) is 5.56 Å². The molecular formula is C11H13N5O. The third kappa shape index (κ3) is 3.29. The molecule has 0 fully saturated rings. The molecule has 0 aliphatic rings. The molecule has 17 heavy (non-hydrogen) atoms. The van der Waals surface area contributed by atoms with Crippen LogP contribution in [0.25, 0.3) is 0 Å². The molecular weight excluding hydrogens is 218 g/mol. The normalized spacial score (nSPS) is 12.6. The maximum atomic E-state index is 9.52. The van der Waals surface area contributed by atoms with Crippen LogP contribution in [-0.4, -0.2) is 16.7 Å². The number of hydrazone groups is 1. The molecule has 1 unspecified atom stereocenters. The summed E-state index contributed by atoms with van der Waals surface area (Å²) in [5, 5.41) is 29.0.